The van der Waals surface area contributed by atoms with Crippen LogP contribution < -0.4 is 4.74 Å². The largest absolute Gasteiger partial charge is 0.504 e. The van der Waals surface area contributed by atoms with Gasteiger partial charge in [-0.2, -0.15) is 0 Å². The fourth-order valence-electron chi connectivity index (χ4n) is 1.12. The van der Waals surface area contributed by atoms with Crippen LogP contribution in [0.5, 0.6) is 11.5 Å². The quantitative estimate of drug-likeness (QED) is 0.794. The molecule has 5 heteroatoms. The lowest BCUT2D eigenvalue weighted by molar-refractivity contribution is 0.0693. The maximum atomic E-state index is 10.7. The molecule has 1 rings (SSSR count). The molecule has 0 aliphatic heterocycles. The Balaban J connectivity index is 3.50. The van der Waals surface area contributed by atoms with Crippen LogP contribution in [0.1, 0.15) is 15.9 Å². The number of carboxylic acids is 1. The zero-order chi connectivity index (χ0) is 10.9. The van der Waals surface area contributed by atoms with Gasteiger partial charge < -0.3 is 14.9 Å². The van der Waals surface area contributed by atoms with Gasteiger partial charge in [-0.15, -0.1) is 0 Å². The highest BCUT2D eigenvalue weighted by atomic mass is 35.5. The number of hydrogen-bond donors (Lipinski definition) is 2. The van der Waals surface area contributed by atoms with Crippen LogP contribution in [0.2, 0.25) is 5.02 Å². The van der Waals surface area contributed by atoms with E-state index in [-0.39, 0.29) is 16.3 Å². The van der Waals surface area contributed by atoms with Gasteiger partial charge >= 0.3 is 5.97 Å². The lowest BCUT2D eigenvalue weighted by Crippen LogP contribution is -2.00. The highest BCUT2D eigenvalue weighted by molar-refractivity contribution is 6.32. The summed E-state index contributed by atoms with van der Waals surface area (Å²) in [5.41, 5.74) is 0.245. The number of methoxy groups -OCH3 is 1. The van der Waals surface area contributed by atoms with E-state index < -0.39 is 11.7 Å². The molecule has 76 valence electrons. The minimum Gasteiger partial charge on any atom is -0.504 e. The summed E-state index contributed by atoms with van der Waals surface area (Å²) in [4.78, 5) is 10.7. The number of phenols is 1. The summed E-state index contributed by atoms with van der Waals surface area (Å²) in [6, 6.07) is 1.19. The molecule has 0 aliphatic rings. The highest BCUT2D eigenvalue weighted by Gasteiger charge is 2.18. The van der Waals surface area contributed by atoms with Gasteiger partial charge in [-0.1, -0.05) is 11.6 Å². The second-order valence-electron chi connectivity index (χ2n) is 2.72. The van der Waals surface area contributed by atoms with Crippen molar-refractivity contribution in [3.63, 3.8) is 0 Å². The smallest absolute Gasteiger partial charge is 0.339 e. The molecule has 0 radical (unpaired) electrons. The Morgan fingerprint density at radius 2 is 2.14 bits per heavy atom. The average Bonchev–Trinajstić information content (AvgIpc) is 2.12. The molecule has 0 heterocycles. The van der Waals surface area contributed by atoms with Crippen LogP contribution in [-0.4, -0.2) is 23.3 Å². The fourth-order valence-corrected chi connectivity index (χ4v) is 1.32. The van der Waals surface area contributed by atoms with Gasteiger partial charge in [-0.05, 0) is 13.0 Å². The fraction of sp³-hybridized carbons (Fsp3) is 0.222. The van der Waals surface area contributed by atoms with E-state index in [2.05, 4.69) is 0 Å². The maximum Gasteiger partial charge on any atom is 0.339 e. The number of carbonyl (C=O) groups is 1. The van der Waals surface area contributed by atoms with Crippen LogP contribution in [0.15, 0.2) is 6.07 Å². The third kappa shape index (κ3) is 1.61. The normalized spacial score (nSPS) is 9.93. The Bertz CT molecular complexity index is 387. The minimum atomic E-state index is -1.25. The molecule has 2 N–H and O–H groups in total. The van der Waals surface area contributed by atoms with Crippen LogP contribution in [0.3, 0.4) is 0 Å². The Labute approximate surface area is 85.7 Å². The van der Waals surface area contributed by atoms with Crippen molar-refractivity contribution in [1.29, 1.82) is 0 Å². The molecular weight excluding hydrogens is 208 g/mol. The molecule has 0 saturated heterocycles. The molecule has 0 aliphatic carbocycles. The maximum absolute atomic E-state index is 10.7. The van der Waals surface area contributed by atoms with Crippen LogP contribution in [0.4, 0.5) is 0 Å². The Hall–Kier alpha value is -1.42. The van der Waals surface area contributed by atoms with Gasteiger partial charge in [0.15, 0.2) is 11.5 Å². The van der Waals surface area contributed by atoms with Crippen molar-refractivity contribution in [2.24, 2.45) is 0 Å². The first-order valence-corrected chi connectivity index (χ1v) is 4.16. The van der Waals surface area contributed by atoms with Crippen LogP contribution >= 0.6 is 11.6 Å². The predicted octanol–water partition coefficient (Wildman–Crippen LogP) is 2.06. The summed E-state index contributed by atoms with van der Waals surface area (Å²) in [7, 11) is 1.34. The number of aromatic hydroxyl groups is 1. The molecule has 0 atom stereocenters. The minimum absolute atomic E-state index is 0.0925. The van der Waals surface area contributed by atoms with E-state index in [9.17, 15) is 9.90 Å². The molecule has 0 fully saturated rings. The Morgan fingerprint density at radius 3 is 2.57 bits per heavy atom. The Morgan fingerprint density at radius 1 is 1.57 bits per heavy atom. The number of carboxylic acid groups (broad SMARTS) is 1. The molecule has 0 aromatic heterocycles. The number of ether oxygens (including phenoxy) is 1. The second kappa shape index (κ2) is 3.75. The van der Waals surface area contributed by atoms with Crippen molar-refractivity contribution >= 4 is 17.6 Å². The number of benzene rings is 1. The van der Waals surface area contributed by atoms with Gasteiger partial charge in [0.1, 0.15) is 5.56 Å². The molecular formula is C9H9ClO4. The third-order valence-corrected chi connectivity index (χ3v) is 2.27. The van der Waals surface area contributed by atoms with Gasteiger partial charge in [0, 0.05) is 10.6 Å². The summed E-state index contributed by atoms with van der Waals surface area (Å²) >= 11 is 5.76. The lowest BCUT2D eigenvalue weighted by Gasteiger charge is -2.10. The van der Waals surface area contributed by atoms with E-state index in [1.54, 1.807) is 6.92 Å². The zero-order valence-electron chi connectivity index (χ0n) is 7.67. The summed E-state index contributed by atoms with van der Waals surface area (Å²) in [5, 5.41) is 18.5. The second-order valence-corrected chi connectivity index (χ2v) is 3.13. The van der Waals surface area contributed by atoms with Crippen molar-refractivity contribution in [3.05, 3.63) is 22.2 Å². The van der Waals surface area contributed by atoms with Crippen molar-refractivity contribution in [3.8, 4) is 11.5 Å². The third-order valence-electron chi connectivity index (χ3n) is 1.87. The first-order valence-electron chi connectivity index (χ1n) is 3.78. The van der Waals surface area contributed by atoms with Gasteiger partial charge in [0.2, 0.25) is 0 Å². The summed E-state index contributed by atoms with van der Waals surface area (Å²) in [5.74, 6) is -1.56. The molecule has 0 unspecified atom stereocenters. The molecule has 0 bridgehead atoms. The number of halogens is 1. The summed E-state index contributed by atoms with van der Waals surface area (Å²) in [6.45, 7) is 1.63. The topological polar surface area (TPSA) is 66.8 Å². The number of rotatable bonds is 2. The van der Waals surface area contributed by atoms with Crippen LogP contribution in [0, 0.1) is 6.92 Å². The standard InChI is InChI=1S/C9H9ClO4/c1-4-6(10)3-5(9(12)13)7(11)8(4)14-2/h3,11H,1-2H3,(H,12,13). The first kappa shape index (κ1) is 10.7. The Kier molecular flexibility index (Phi) is 2.86. The van der Waals surface area contributed by atoms with E-state index >= 15 is 0 Å². The van der Waals surface area contributed by atoms with Crippen molar-refractivity contribution in [1.82, 2.24) is 0 Å². The highest BCUT2D eigenvalue weighted by Crippen LogP contribution is 2.37. The SMILES string of the molecule is COc1c(C)c(Cl)cc(C(=O)O)c1O. The van der Waals surface area contributed by atoms with E-state index in [1.165, 1.54) is 13.2 Å². The lowest BCUT2D eigenvalue weighted by atomic mass is 10.1. The first-order chi connectivity index (χ1) is 6.49. The van der Waals surface area contributed by atoms with Gasteiger partial charge in [0.05, 0.1) is 7.11 Å². The van der Waals surface area contributed by atoms with E-state index in [1.807, 2.05) is 0 Å². The van der Waals surface area contributed by atoms with Gasteiger partial charge in [0.25, 0.3) is 0 Å². The monoisotopic (exact) mass is 216 g/mol. The molecule has 0 saturated carbocycles. The predicted molar refractivity (Wildman–Crippen MR) is 51.4 cm³/mol. The van der Waals surface area contributed by atoms with E-state index in [0.717, 1.165) is 0 Å². The molecule has 0 spiro atoms. The van der Waals surface area contributed by atoms with E-state index in [4.69, 9.17) is 21.4 Å². The molecule has 1 aromatic rings. The van der Waals surface area contributed by atoms with Crippen LogP contribution in [0.25, 0.3) is 0 Å². The molecule has 14 heavy (non-hydrogen) atoms. The summed E-state index contributed by atoms with van der Waals surface area (Å²) < 4.78 is 4.85. The molecule has 0 amide bonds. The van der Waals surface area contributed by atoms with Gasteiger partial charge in [-0.3, -0.25) is 0 Å². The van der Waals surface area contributed by atoms with E-state index in [0.29, 0.717) is 5.56 Å². The molecule has 4 nitrogen and oxygen atoms in total. The van der Waals surface area contributed by atoms with Crippen molar-refractivity contribution in [2.75, 3.05) is 7.11 Å². The van der Waals surface area contributed by atoms with Crippen molar-refractivity contribution in [2.45, 2.75) is 6.92 Å². The zero-order valence-corrected chi connectivity index (χ0v) is 8.42. The summed E-state index contributed by atoms with van der Waals surface area (Å²) in [6.07, 6.45) is 0. The van der Waals surface area contributed by atoms with Crippen LogP contribution in [-0.2, 0) is 0 Å². The van der Waals surface area contributed by atoms with Crippen molar-refractivity contribution < 1.29 is 19.7 Å². The average molecular weight is 217 g/mol. The number of hydrogen-bond acceptors (Lipinski definition) is 3. The number of aromatic carboxylic acids is 1. The molecule has 1 aromatic carbocycles. The van der Waals surface area contributed by atoms with Gasteiger partial charge in [-0.25, -0.2) is 4.79 Å².